The SMILES string of the molecule is CC(C)(CN1CCC[C@H]2CCCC[C@H]21)c1ccc(N)cc1. The van der Waals surface area contributed by atoms with Crippen LogP contribution in [0.3, 0.4) is 0 Å². The molecule has 1 aromatic rings. The van der Waals surface area contributed by atoms with Gasteiger partial charge >= 0.3 is 0 Å². The van der Waals surface area contributed by atoms with Crippen LogP contribution in [0.15, 0.2) is 24.3 Å². The summed E-state index contributed by atoms with van der Waals surface area (Å²) in [5.41, 5.74) is 8.31. The van der Waals surface area contributed by atoms with Gasteiger partial charge in [0.15, 0.2) is 0 Å². The number of hydrogen-bond donors (Lipinski definition) is 1. The van der Waals surface area contributed by atoms with Crippen molar-refractivity contribution in [3.63, 3.8) is 0 Å². The Labute approximate surface area is 129 Å². The molecule has 0 radical (unpaired) electrons. The molecule has 1 saturated heterocycles. The van der Waals surface area contributed by atoms with Gasteiger partial charge in [-0.1, -0.05) is 38.8 Å². The largest absolute Gasteiger partial charge is 0.399 e. The van der Waals surface area contributed by atoms with Gasteiger partial charge in [0, 0.05) is 23.7 Å². The highest BCUT2D eigenvalue weighted by Crippen LogP contribution is 2.37. The maximum absolute atomic E-state index is 5.83. The van der Waals surface area contributed by atoms with Crippen LogP contribution >= 0.6 is 0 Å². The Morgan fingerprint density at radius 1 is 1.05 bits per heavy atom. The van der Waals surface area contributed by atoms with Crippen LogP contribution in [-0.2, 0) is 5.41 Å². The second kappa shape index (κ2) is 6.00. The number of anilines is 1. The highest BCUT2D eigenvalue weighted by Gasteiger charge is 2.36. The summed E-state index contributed by atoms with van der Waals surface area (Å²) in [6, 6.07) is 9.34. The van der Waals surface area contributed by atoms with Gasteiger partial charge in [0.1, 0.15) is 0 Å². The van der Waals surface area contributed by atoms with Crippen molar-refractivity contribution >= 4 is 5.69 Å². The summed E-state index contributed by atoms with van der Waals surface area (Å²) in [7, 11) is 0. The molecule has 1 aliphatic carbocycles. The minimum absolute atomic E-state index is 0.201. The van der Waals surface area contributed by atoms with E-state index in [1.165, 1.54) is 57.2 Å². The molecule has 0 bridgehead atoms. The minimum atomic E-state index is 0.201. The van der Waals surface area contributed by atoms with Gasteiger partial charge in [-0.05, 0) is 55.8 Å². The van der Waals surface area contributed by atoms with Crippen molar-refractivity contribution in [2.45, 2.75) is 63.8 Å². The zero-order chi connectivity index (χ0) is 14.9. The number of nitrogen functional groups attached to an aromatic ring is 1. The van der Waals surface area contributed by atoms with Crippen molar-refractivity contribution in [3.8, 4) is 0 Å². The van der Waals surface area contributed by atoms with E-state index in [4.69, 9.17) is 5.73 Å². The minimum Gasteiger partial charge on any atom is -0.399 e. The molecule has 21 heavy (non-hydrogen) atoms. The Bertz CT molecular complexity index is 461. The Morgan fingerprint density at radius 3 is 2.48 bits per heavy atom. The molecule has 1 aliphatic heterocycles. The number of piperidine rings is 1. The van der Waals surface area contributed by atoms with Crippen molar-refractivity contribution in [2.75, 3.05) is 18.8 Å². The summed E-state index contributed by atoms with van der Waals surface area (Å²) in [6.07, 6.45) is 8.62. The van der Waals surface area contributed by atoms with Gasteiger partial charge in [0.25, 0.3) is 0 Å². The van der Waals surface area contributed by atoms with Gasteiger partial charge in [0.05, 0.1) is 0 Å². The van der Waals surface area contributed by atoms with E-state index in [1.807, 2.05) is 12.1 Å². The molecule has 2 nitrogen and oxygen atoms in total. The predicted octanol–water partition coefficient (Wildman–Crippen LogP) is 4.20. The average Bonchev–Trinajstić information content (AvgIpc) is 2.48. The van der Waals surface area contributed by atoms with Gasteiger partial charge in [-0.2, -0.15) is 0 Å². The standard InChI is InChI=1S/C19H30N2/c1-19(2,16-9-11-17(20)12-10-16)14-21-13-5-7-15-6-3-4-8-18(15)21/h9-12,15,18H,3-8,13-14,20H2,1-2H3/t15-,18-/m1/s1. The van der Waals surface area contributed by atoms with Gasteiger partial charge in [-0.25, -0.2) is 0 Å². The lowest BCUT2D eigenvalue weighted by Crippen LogP contribution is -2.50. The first-order valence-corrected chi connectivity index (χ1v) is 8.66. The third-order valence-corrected chi connectivity index (χ3v) is 5.65. The fraction of sp³-hybridized carbons (Fsp3) is 0.684. The first-order chi connectivity index (χ1) is 10.1. The third-order valence-electron chi connectivity index (χ3n) is 5.65. The van der Waals surface area contributed by atoms with Crippen LogP contribution in [0.2, 0.25) is 0 Å². The van der Waals surface area contributed by atoms with Crippen molar-refractivity contribution in [1.82, 2.24) is 4.90 Å². The van der Waals surface area contributed by atoms with Crippen molar-refractivity contribution in [3.05, 3.63) is 29.8 Å². The molecule has 2 atom stereocenters. The summed E-state index contributed by atoms with van der Waals surface area (Å²) >= 11 is 0. The predicted molar refractivity (Wildman–Crippen MR) is 90.4 cm³/mol. The Kier molecular flexibility index (Phi) is 4.26. The smallest absolute Gasteiger partial charge is 0.0314 e. The molecule has 2 aliphatic rings. The van der Waals surface area contributed by atoms with Crippen LogP contribution in [0.25, 0.3) is 0 Å². The van der Waals surface area contributed by atoms with Crippen LogP contribution in [-0.4, -0.2) is 24.0 Å². The topological polar surface area (TPSA) is 29.3 Å². The Balaban J connectivity index is 1.73. The summed E-state index contributed by atoms with van der Waals surface area (Å²) in [5.74, 6) is 0.967. The van der Waals surface area contributed by atoms with Crippen molar-refractivity contribution in [2.24, 2.45) is 5.92 Å². The number of benzene rings is 1. The molecule has 1 saturated carbocycles. The Morgan fingerprint density at radius 2 is 1.71 bits per heavy atom. The molecule has 0 aromatic heterocycles. The molecule has 1 heterocycles. The summed E-state index contributed by atoms with van der Waals surface area (Å²) < 4.78 is 0. The van der Waals surface area contributed by atoms with E-state index in [1.54, 1.807) is 0 Å². The van der Waals surface area contributed by atoms with E-state index < -0.39 is 0 Å². The highest BCUT2D eigenvalue weighted by atomic mass is 15.2. The molecule has 2 N–H and O–H groups in total. The molecule has 1 aromatic carbocycles. The molecule has 3 rings (SSSR count). The number of nitrogens with zero attached hydrogens (tertiary/aromatic N) is 1. The average molecular weight is 286 g/mol. The third kappa shape index (κ3) is 3.26. The fourth-order valence-electron chi connectivity index (χ4n) is 4.46. The second-order valence-electron chi connectivity index (χ2n) is 7.73. The van der Waals surface area contributed by atoms with Gasteiger partial charge < -0.3 is 5.73 Å². The lowest BCUT2D eigenvalue weighted by atomic mass is 9.76. The number of nitrogens with two attached hydrogens (primary N) is 1. The van der Waals surface area contributed by atoms with Crippen LogP contribution < -0.4 is 5.73 Å². The molecule has 0 amide bonds. The molecule has 2 heteroatoms. The quantitative estimate of drug-likeness (QED) is 0.844. The molecular weight excluding hydrogens is 256 g/mol. The summed E-state index contributed by atoms with van der Waals surface area (Å²) in [5, 5.41) is 0. The first kappa shape index (κ1) is 14.9. The number of rotatable bonds is 3. The Hall–Kier alpha value is -1.02. The highest BCUT2D eigenvalue weighted by molar-refractivity contribution is 5.41. The first-order valence-electron chi connectivity index (χ1n) is 8.66. The van der Waals surface area contributed by atoms with E-state index in [0.717, 1.165) is 17.6 Å². The second-order valence-corrected chi connectivity index (χ2v) is 7.73. The van der Waals surface area contributed by atoms with Crippen molar-refractivity contribution < 1.29 is 0 Å². The summed E-state index contributed by atoms with van der Waals surface area (Å²) in [4.78, 5) is 2.80. The van der Waals surface area contributed by atoms with Crippen LogP contribution in [0.5, 0.6) is 0 Å². The number of hydrogen-bond acceptors (Lipinski definition) is 2. The number of likely N-dealkylation sites (tertiary alicyclic amines) is 1. The maximum Gasteiger partial charge on any atom is 0.0314 e. The van der Waals surface area contributed by atoms with Crippen LogP contribution in [0.1, 0.15) is 57.9 Å². The van der Waals surface area contributed by atoms with Crippen LogP contribution in [0, 0.1) is 5.92 Å². The van der Waals surface area contributed by atoms with E-state index in [0.29, 0.717) is 0 Å². The monoisotopic (exact) mass is 286 g/mol. The molecular formula is C19H30N2. The maximum atomic E-state index is 5.83. The number of fused-ring (bicyclic) bond motifs is 1. The van der Waals surface area contributed by atoms with Gasteiger partial charge in [-0.3, -0.25) is 4.90 Å². The molecule has 0 unspecified atom stereocenters. The van der Waals surface area contributed by atoms with Gasteiger partial charge in [0.2, 0.25) is 0 Å². The lowest BCUT2D eigenvalue weighted by molar-refractivity contribution is 0.0460. The van der Waals surface area contributed by atoms with E-state index >= 15 is 0 Å². The fourth-order valence-corrected chi connectivity index (χ4v) is 4.46. The molecule has 2 fully saturated rings. The van der Waals surface area contributed by atoms with Gasteiger partial charge in [-0.15, -0.1) is 0 Å². The van der Waals surface area contributed by atoms with E-state index in [-0.39, 0.29) is 5.41 Å². The molecule has 116 valence electrons. The lowest BCUT2D eigenvalue weighted by Gasteiger charge is -2.47. The van der Waals surface area contributed by atoms with E-state index in [9.17, 15) is 0 Å². The summed E-state index contributed by atoms with van der Waals surface area (Å²) in [6.45, 7) is 7.23. The van der Waals surface area contributed by atoms with Crippen molar-refractivity contribution in [1.29, 1.82) is 0 Å². The van der Waals surface area contributed by atoms with Crippen LogP contribution in [0.4, 0.5) is 5.69 Å². The normalized spacial score (nSPS) is 27.3. The molecule has 0 spiro atoms. The zero-order valence-corrected chi connectivity index (χ0v) is 13.6. The van der Waals surface area contributed by atoms with E-state index in [2.05, 4.69) is 30.9 Å². The zero-order valence-electron chi connectivity index (χ0n) is 13.6.